The monoisotopic (exact) mass is 251 g/mol. The fraction of sp³-hybridized carbons (Fsp3) is 0.308. The maximum Gasteiger partial charge on any atom is 0.0716 e. The number of fused-ring (bicyclic) bond motifs is 1. The summed E-state index contributed by atoms with van der Waals surface area (Å²) in [5.74, 6) is 0.667. The van der Waals surface area contributed by atoms with Crippen LogP contribution in [0.4, 0.5) is 0 Å². The van der Waals surface area contributed by atoms with Crippen molar-refractivity contribution in [3.63, 3.8) is 0 Å². The van der Waals surface area contributed by atoms with Gasteiger partial charge in [0, 0.05) is 27.1 Å². The van der Waals surface area contributed by atoms with E-state index in [2.05, 4.69) is 36.2 Å². The van der Waals surface area contributed by atoms with Crippen LogP contribution in [0, 0.1) is 6.92 Å². The molecule has 0 bridgehead atoms. The third-order valence-corrected chi connectivity index (χ3v) is 4.16. The number of benzene rings is 1. The fourth-order valence-electron chi connectivity index (χ4n) is 1.61. The van der Waals surface area contributed by atoms with Crippen molar-refractivity contribution in [2.45, 2.75) is 24.0 Å². The smallest absolute Gasteiger partial charge is 0.0716 e. The second-order valence-electron chi connectivity index (χ2n) is 3.86. The Morgan fingerprint density at radius 1 is 1.38 bits per heavy atom. The largest absolute Gasteiger partial charge is 0.253 e. The molecule has 1 nitrogen and oxygen atoms in total. The quantitative estimate of drug-likeness (QED) is 0.597. The van der Waals surface area contributed by atoms with Gasteiger partial charge in [0.15, 0.2) is 0 Å². The number of hydrogen-bond donors (Lipinski definition) is 0. The van der Waals surface area contributed by atoms with Crippen molar-refractivity contribution < 1.29 is 0 Å². The van der Waals surface area contributed by atoms with E-state index >= 15 is 0 Å². The van der Waals surface area contributed by atoms with Crippen LogP contribution in [0.15, 0.2) is 35.2 Å². The Morgan fingerprint density at radius 3 is 2.88 bits per heavy atom. The summed E-state index contributed by atoms with van der Waals surface area (Å²) in [4.78, 5) is 5.80. The van der Waals surface area contributed by atoms with Crippen LogP contribution in [0.2, 0.25) is 0 Å². The van der Waals surface area contributed by atoms with Crippen molar-refractivity contribution in [2.75, 3.05) is 5.88 Å². The topological polar surface area (TPSA) is 12.9 Å². The molecule has 0 aliphatic carbocycles. The highest BCUT2D eigenvalue weighted by atomic mass is 35.5. The second kappa shape index (κ2) is 5.07. The van der Waals surface area contributed by atoms with Gasteiger partial charge in [0.1, 0.15) is 0 Å². The van der Waals surface area contributed by atoms with Gasteiger partial charge in [-0.05, 0) is 19.1 Å². The third kappa shape index (κ3) is 2.50. The first kappa shape index (κ1) is 11.7. The molecule has 1 aromatic carbocycles. The van der Waals surface area contributed by atoms with Crippen LogP contribution in [0.3, 0.4) is 0 Å². The zero-order valence-corrected chi connectivity index (χ0v) is 11.0. The fourth-order valence-corrected chi connectivity index (χ4v) is 2.84. The summed E-state index contributed by atoms with van der Waals surface area (Å²) in [6.45, 7) is 4.17. The molecule has 0 spiro atoms. The van der Waals surface area contributed by atoms with Crippen molar-refractivity contribution in [1.82, 2.24) is 4.98 Å². The number of nitrogens with zero attached hydrogens (tertiary/aromatic N) is 1. The van der Waals surface area contributed by atoms with Gasteiger partial charge in [-0.2, -0.15) is 0 Å². The number of alkyl halides is 1. The van der Waals surface area contributed by atoms with E-state index in [0.717, 1.165) is 11.2 Å². The number of rotatable bonds is 3. The molecule has 0 fully saturated rings. The summed E-state index contributed by atoms with van der Waals surface area (Å²) in [6, 6.07) is 10.4. The number of halogens is 1. The molecule has 1 heterocycles. The van der Waals surface area contributed by atoms with Gasteiger partial charge in [0.05, 0.1) is 5.52 Å². The lowest BCUT2D eigenvalue weighted by Crippen LogP contribution is -1.97. The molecule has 1 unspecified atom stereocenters. The SMILES string of the molecule is Cc1cc(SC(C)CCl)c2ccccc2n1. The third-order valence-electron chi connectivity index (χ3n) is 2.35. The molecular formula is C13H14ClNS. The molecule has 16 heavy (non-hydrogen) atoms. The standard InChI is InChI=1S/C13H14ClNS/c1-9-7-13(16-10(2)8-14)11-5-3-4-6-12(11)15-9/h3-7,10H,8H2,1-2H3. The van der Waals surface area contributed by atoms with Gasteiger partial charge in [0.25, 0.3) is 0 Å². The van der Waals surface area contributed by atoms with E-state index in [-0.39, 0.29) is 0 Å². The lowest BCUT2D eigenvalue weighted by atomic mass is 10.2. The van der Waals surface area contributed by atoms with Gasteiger partial charge in [-0.1, -0.05) is 25.1 Å². The molecule has 2 aromatic rings. The molecule has 1 aromatic heterocycles. The van der Waals surface area contributed by atoms with Gasteiger partial charge < -0.3 is 0 Å². The Morgan fingerprint density at radius 2 is 2.12 bits per heavy atom. The lowest BCUT2D eigenvalue weighted by molar-refractivity contribution is 1.12. The molecule has 0 amide bonds. The molecule has 0 saturated carbocycles. The molecule has 0 N–H and O–H groups in total. The van der Waals surface area contributed by atoms with Gasteiger partial charge in [-0.3, -0.25) is 4.98 Å². The first-order valence-electron chi connectivity index (χ1n) is 5.29. The lowest BCUT2D eigenvalue weighted by Gasteiger charge is -2.10. The predicted octanol–water partition coefficient (Wildman–Crippen LogP) is 4.26. The predicted molar refractivity (Wildman–Crippen MR) is 72.5 cm³/mol. The van der Waals surface area contributed by atoms with Gasteiger partial charge in [-0.15, -0.1) is 23.4 Å². The van der Waals surface area contributed by atoms with E-state index in [1.807, 2.05) is 24.8 Å². The molecule has 84 valence electrons. The Bertz CT molecular complexity index is 498. The molecule has 2 rings (SSSR count). The van der Waals surface area contributed by atoms with Crippen LogP contribution < -0.4 is 0 Å². The van der Waals surface area contributed by atoms with E-state index in [1.165, 1.54) is 10.3 Å². The molecule has 0 aliphatic heterocycles. The second-order valence-corrected chi connectivity index (χ2v) is 5.65. The molecule has 3 heteroatoms. The first-order valence-corrected chi connectivity index (χ1v) is 6.71. The molecule has 0 aliphatic rings. The highest BCUT2D eigenvalue weighted by molar-refractivity contribution is 8.00. The van der Waals surface area contributed by atoms with Gasteiger partial charge >= 0.3 is 0 Å². The number of para-hydroxylation sites is 1. The van der Waals surface area contributed by atoms with E-state index in [0.29, 0.717) is 11.1 Å². The Labute approximate surface area is 105 Å². The maximum absolute atomic E-state index is 5.86. The van der Waals surface area contributed by atoms with Crippen molar-refractivity contribution in [3.8, 4) is 0 Å². The number of aromatic nitrogens is 1. The van der Waals surface area contributed by atoms with Crippen molar-refractivity contribution in [3.05, 3.63) is 36.0 Å². The zero-order valence-electron chi connectivity index (χ0n) is 9.40. The Hall–Kier alpha value is -0.730. The maximum atomic E-state index is 5.86. The van der Waals surface area contributed by atoms with Crippen LogP contribution >= 0.6 is 23.4 Å². The normalized spacial score (nSPS) is 12.9. The van der Waals surface area contributed by atoms with Gasteiger partial charge in [-0.25, -0.2) is 0 Å². The highest BCUT2D eigenvalue weighted by Crippen LogP contribution is 2.31. The summed E-state index contributed by atoms with van der Waals surface area (Å²) >= 11 is 7.67. The van der Waals surface area contributed by atoms with Crippen LogP contribution in [0.1, 0.15) is 12.6 Å². The first-order chi connectivity index (χ1) is 7.70. The van der Waals surface area contributed by atoms with Crippen LogP contribution in [-0.2, 0) is 0 Å². The number of aryl methyl sites for hydroxylation is 1. The number of pyridine rings is 1. The average molecular weight is 252 g/mol. The van der Waals surface area contributed by atoms with Crippen LogP contribution in [-0.4, -0.2) is 16.1 Å². The Kier molecular flexibility index (Phi) is 3.72. The molecule has 0 radical (unpaired) electrons. The molecule has 1 atom stereocenters. The van der Waals surface area contributed by atoms with Crippen LogP contribution in [0.5, 0.6) is 0 Å². The summed E-state index contributed by atoms with van der Waals surface area (Å²) in [5, 5.41) is 1.64. The minimum atomic E-state index is 0.423. The highest BCUT2D eigenvalue weighted by Gasteiger charge is 2.08. The summed E-state index contributed by atoms with van der Waals surface area (Å²) in [5.41, 5.74) is 2.12. The van der Waals surface area contributed by atoms with Crippen molar-refractivity contribution >= 4 is 34.3 Å². The van der Waals surface area contributed by atoms with E-state index < -0.39 is 0 Å². The number of thioether (sulfide) groups is 1. The molecular weight excluding hydrogens is 238 g/mol. The molecule has 0 saturated heterocycles. The van der Waals surface area contributed by atoms with Crippen LogP contribution in [0.25, 0.3) is 10.9 Å². The minimum Gasteiger partial charge on any atom is -0.253 e. The summed E-state index contributed by atoms with van der Waals surface area (Å²) in [6.07, 6.45) is 0. The summed E-state index contributed by atoms with van der Waals surface area (Å²) in [7, 11) is 0. The van der Waals surface area contributed by atoms with E-state index in [4.69, 9.17) is 11.6 Å². The number of hydrogen-bond acceptors (Lipinski definition) is 2. The van der Waals surface area contributed by atoms with E-state index in [1.54, 1.807) is 0 Å². The average Bonchev–Trinajstić information content (AvgIpc) is 2.28. The van der Waals surface area contributed by atoms with Crippen molar-refractivity contribution in [1.29, 1.82) is 0 Å². The van der Waals surface area contributed by atoms with E-state index in [9.17, 15) is 0 Å². The van der Waals surface area contributed by atoms with Gasteiger partial charge in [0.2, 0.25) is 0 Å². The Balaban J connectivity index is 2.50. The summed E-state index contributed by atoms with van der Waals surface area (Å²) < 4.78 is 0. The zero-order chi connectivity index (χ0) is 11.5. The minimum absolute atomic E-state index is 0.423. The van der Waals surface area contributed by atoms with Crippen molar-refractivity contribution in [2.24, 2.45) is 0 Å².